The third kappa shape index (κ3) is 2.85. The van der Waals surface area contributed by atoms with Crippen molar-refractivity contribution in [3.8, 4) is 0 Å². The van der Waals surface area contributed by atoms with Crippen LogP contribution in [0, 0.1) is 0 Å². The van der Waals surface area contributed by atoms with Gasteiger partial charge in [-0.2, -0.15) is 13.2 Å². The van der Waals surface area contributed by atoms with Crippen LogP contribution in [0.25, 0.3) is 0 Å². The Bertz CT molecular complexity index is 397. The van der Waals surface area contributed by atoms with E-state index in [1.807, 2.05) is 0 Å². The first-order valence-corrected chi connectivity index (χ1v) is 5.29. The Balaban J connectivity index is 2.21. The van der Waals surface area contributed by atoms with E-state index >= 15 is 0 Å². The zero-order chi connectivity index (χ0) is 12.5. The van der Waals surface area contributed by atoms with Crippen molar-refractivity contribution in [2.24, 2.45) is 0 Å². The monoisotopic (exact) mass is 247 g/mol. The summed E-state index contributed by atoms with van der Waals surface area (Å²) < 4.78 is 37.4. The minimum Gasteiger partial charge on any atom is -0.391 e. The summed E-state index contributed by atoms with van der Waals surface area (Å²) in [6.45, 7) is 0.916. The number of aliphatic hydroxyl groups excluding tert-OH is 1. The van der Waals surface area contributed by atoms with Gasteiger partial charge in [-0.05, 0) is 12.8 Å². The van der Waals surface area contributed by atoms with E-state index in [4.69, 9.17) is 0 Å². The predicted octanol–water partition coefficient (Wildman–Crippen LogP) is 1.46. The lowest BCUT2D eigenvalue weighted by Crippen LogP contribution is -2.38. The number of aliphatic hydroxyl groups is 1. The van der Waals surface area contributed by atoms with Gasteiger partial charge < -0.3 is 10.0 Å². The number of rotatable bonds is 1. The molecule has 1 N–H and O–H groups in total. The largest absolute Gasteiger partial charge is 0.433 e. The number of anilines is 1. The molecule has 2 rings (SSSR count). The maximum absolute atomic E-state index is 12.5. The highest BCUT2D eigenvalue weighted by atomic mass is 19.4. The maximum Gasteiger partial charge on any atom is 0.433 e. The van der Waals surface area contributed by atoms with E-state index < -0.39 is 18.0 Å². The van der Waals surface area contributed by atoms with Crippen LogP contribution in [0.3, 0.4) is 0 Å². The van der Waals surface area contributed by atoms with E-state index in [0.29, 0.717) is 19.5 Å². The fourth-order valence-electron chi connectivity index (χ4n) is 1.84. The molecule has 0 amide bonds. The zero-order valence-corrected chi connectivity index (χ0v) is 8.98. The van der Waals surface area contributed by atoms with E-state index in [1.165, 1.54) is 0 Å². The summed E-state index contributed by atoms with van der Waals surface area (Å²) in [4.78, 5) is 8.66. The summed E-state index contributed by atoms with van der Waals surface area (Å²) in [6, 6.07) is 0.915. The molecule has 0 bridgehead atoms. The van der Waals surface area contributed by atoms with Gasteiger partial charge in [0, 0.05) is 19.2 Å². The molecule has 17 heavy (non-hydrogen) atoms. The molecule has 1 aromatic heterocycles. The molecule has 1 aliphatic heterocycles. The molecule has 2 heterocycles. The zero-order valence-electron chi connectivity index (χ0n) is 8.98. The molecule has 1 fully saturated rings. The number of hydrogen-bond acceptors (Lipinski definition) is 4. The van der Waals surface area contributed by atoms with Crippen molar-refractivity contribution in [2.75, 3.05) is 18.0 Å². The Labute approximate surface area is 96.1 Å². The third-order valence-electron chi connectivity index (χ3n) is 2.66. The number of β-amino-alcohol motifs (C(OH)–C–C–N with tert-alkyl or cyclic N) is 1. The van der Waals surface area contributed by atoms with Crippen LogP contribution in [-0.4, -0.2) is 34.3 Å². The van der Waals surface area contributed by atoms with Crippen molar-refractivity contribution in [3.63, 3.8) is 0 Å². The lowest BCUT2D eigenvalue weighted by Gasteiger charge is -2.31. The highest BCUT2D eigenvalue weighted by Crippen LogP contribution is 2.29. The van der Waals surface area contributed by atoms with Gasteiger partial charge in [0.15, 0.2) is 0 Å². The van der Waals surface area contributed by atoms with Gasteiger partial charge in [0.25, 0.3) is 0 Å². The van der Waals surface area contributed by atoms with E-state index in [1.54, 1.807) is 4.90 Å². The van der Waals surface area contributed by atoms with E-state index in [0.717, 1.165) is 18.8 Å². The van der Waals surface area contributed by atoms with Crippen LogP contribution in [0.5, 0.6) is 0 Å². The summed E-state index contributed by atoms with van der Waals surface area (Å²) >= 11 is 0. The molecule has 0 saturated carbocycles. The maximum atomic E-state index is 12.5. The van der Waals surface area contributed by atoms with E-state index in [9.17, 15) is 18.3 Å². The lowest BCUT2D eigenvalue weighted by atomic mass is 10.1. The molecule has 0 radical (unpaired) electrons. The molecular weight excluding hydrogens is 235 g/mol. The first kappa shape index (κ1) is 12.1. The Morgan fingerprint density at radius 2 is 2.12 bits per heavy atom. The normalized spacial score (nSPS) is 21.6. The van der Waals surface area contributed by atoms with Gasteiger partial charge in [0.05, 0.1) is 6.10 Å². The van der Waals surface area contributed by atoms with Crippen LogP contribution in [0.4, 0.5) is 19.0 Å². The molecular formula is C10H12F3N3O. The summed E-state index contributed by atoms with van der Waals surface area (Å²) in [6.07, 6.45) is -2.65. The van der Waals surface area contributed by atoms with Gasteiger partial charge in [-0.1, -0.05) is 0 Å². The average molecular weight is 247 g/mol. The van der Waals surface area contributed by atoms with Crippen molar-refractivity contribution in [1.29, 1.82) is 0 Å². The Morgan fingerprint density at radius 3 is 2.76 bits per heavy atom. The minimum absolute atomic E-state index is 0.214. The summed E-state index contributed by atoms with van der Waals surface area (Å²) in [7, 11) is 0. The van der Waals surface area contributed by atoms with Crippen molar-refractivity contribution >= 4 is 5.82 Å². The van der Waals surface area contributed by atoms with Crippen molar-refractivity contribution < 1.29 is 18.3 Å². The van der Waals surface area contributed by atoms with Crippen LogP contribution in [-0.2, 0) is 6.18 Å². The van der Waals surface area contributed by atoms with Crippen LogP contribution >= 0.6 is 0 Å². The van der Waals surface area contributed by atoms with Crippen molar-refractivity contribution in [1.82, 2.24) is 9.97 Å². The Kier molecular flexibility index (Phi) is 3.19. The van der Waals surface area contributed by atoms with Gasteiger partial charge in [-0.15, -0.1) is 0 Å². The topological polar surface area (TPSA) is 49.2 Å². The lowest BCUT2D eigenvalue weighted by molar-refractivity contribution is -0.141. The first-order chi connectivity index (χ1) is 7.97. The molecule has 4 nitrogen and oxygen atoms in total. The molecule has 94 valence electrons. The standard InChI is InChI=1S/C10H12F3N3O/c11-10(12,13)8-4-9(15-6-14-8)16-3-1-2-7(17)5-16/h4,6-7,17H,1-3,5H2. The molecule has 1 aliphatic rings. The second kappa shape index (κ2) is 4.48. The predicted molar refractivity (Wildman–Crippen MR) is 54.5 cm³/mol. The SMILES string of the molecule is OC1CCCN(c2cc(C(F)(F)F)ncn2)C1. The molecule has 1 unspecified atom stereocenters. The summed E-state index contributed by atoms with van der Waals surface area (Å²) in [5.41, 5.74) is -0.956. The number of aromatic nitrogens is 2. The van der Waals surface area contributed by atoms with Crippen LogP contribution in [0.1, 0.15) is 18.5 Å². The fourth-order valence-corrected chi connectivity index (χ4v) is 1.84. The highest BCUT2D eigenvalue weighted by Gasteiger charge is 2.33. The van der Waals surface area contributed by atoms with Crippen molar-refractivity contribution in [3.05, 3.63) is 18.1 Å². The smallest absolute Gasteiger partial charge is 0.391 e. The highest BCUT2D eigenvalue weighted by molar-refractivity contribution is 5.40. The van der Waals surface area contributed by atoms with Crippen LogP contribution < -0.4 is 4.90 Å². The second-order valence-electron chi connectivity index (χ2n) is 4.00. The third-order valence-corrected chi connectivity index (χ3v) is 2.66. The number of nitrogens with zero attached hydrogens (tertiary/aromatic N) is 3. The Hall–Kier alpha value is -1.37. The summed E-state index contributed by atoms with van der Waals surface area (Å²) in [5, 5.41) is 9.46. The number of hydrogen-bond donors (Lipinski definition) is 1. The van der Waals surface area contributed by atoms with Gasteiger partial charge >= 0.3 is 6.18 Å². The van der Waals surface area contributed by atoms with E-state index in [-0.39, 0.29) is 5.82 Å². The number of halogens is 3. The van der Waals surface area contributed by atoms with Gasteiger partial charge in [-0.25, -0.2) is 9.97 Å². The molecule has 0 aromatic carbocycles. The minimum atomic E-state index is -4.47. The van der Waals surface area contributed by atoms with Crippen LogP contribution in [0.2, 0.25) is 0 Å². The first-order valence-electron chi connectivity index (χ1n) is 5.29. The molecule has 1 saturated heterocycles. The molecule has 0 spiro atoms. The van der Waals surface area contributed by atoms with Crippen LogP contribution in [0.15, 0.2) is 12.4 Å². The Morgan fingerprint density at radius 1 is 1.35 bits per heavy atom. The summed E-state index contributed by atoms with van der Waals surface area (Å²) in [5.74, 6) is 0.214. The van der Waals surface area contributed by atoms with Gasteiger partial charge in [-0.3, -0.25) is 0 Å². The quantitative estimate of drug-likeness (QED) is 0.816. The average Bonchev–Trinajstić information content (AvgIpc) is 2.28. The number of piperidine rings is 1. The molecule has 0 aliphatic carbocycles. The number of alkyl halides is 3. The van der Waals surface area contributed by atoms with Crippen molar-refractivity contribution in [2.45, 2.75) is 25.1 Å². The van der Waals surface area contributed by atoms with Gasteiger partial charge in [0.2, 0.25) is 0 Å². The second-order valence-corrected chi connectivity index (χ2v) is 4.00. The fraction of sp³-hybridized carbons (Fsp3) is 0.600. The van der Waals surface area contributed by atoms with E-state index in [2.05, 4.69) is 9.97 Å². The molecule has 1 aromatic rings. The molecule has 7 heteroatoms. The van der Waals surface area contributed by atoms with Gasteiger partial charge in [0.1, 0.15) is 17.8 Å². The molecule has 1 atom stereocenters.